The molecule has 0 aliphatic carbocycles. The Morgan fingerprint density at radius 3 is 2.89 bits per heavy atom. The molecule has 0 saturated carbocycles. The van der Waals surface area contributed by atoms with Crippen molar-refractivity contribution in [1.82, 2.24) is 9.97 Å². The number of carbonyl (C=O) groups is 1. The van der Waals surface area contributed by atoms with Gasteiger partial charge < -0.3 is 25.8 Å². The smallest absolute Gasteiger partial charge is 0.222 e. The van der Waals surface area contributed by atoms with Crippen molar-refractivity contribution in [3.8, 4) is 5.75 Å². The Balaban J connectivity index is 2.03. The first-order valence-electron chi connectivity index (χ1n) is 8.60. The predicted octanol–water partition coefficient (Wildman–Crippen LogP) is 2.65. The number of nitrogens with zero attached hydrogens (tertiary/aromatic N) is 3. The van der Waals surface area contributed by atoms with E-state index in [9.17, 15) is 9.90 Å². The van der Waals surface area contributed by atoms with Crippen LogP contribution in [0.25, 0.3) is 0 Å². The summed E-state index contributed by atoms with van der Waals surface area (Å²) < 4.78 is 5.74. The van der Waals surface area contributed by atoms with Gasteiger partial charge in [-0.15, -0.1) is 0 Å². The van der Waals surface area contributed by atoms with E-state index in [1.165, 1.54) is 13.0 Å². The summed E-state index contributed by atoms with van der Waals surface area (Å²) in [6.07, 6.45) is 0.813. The number of aromatic nitrogens is 2. The van der Waals surface area contributed by atoms with Crippen molar-refractivity contribution in [3.63, 3.8) is 0 Å². The van der Waals surface area contributed by atoms with Crippen LogP contribution in [0.15, 0.2) is 18.2 Å². The fourth-order valence-electron chi connectivity index (χ4n) is 3.15. The number of amides is 1. The highest BCUT2D eigenvalue weighted by molar-refractivity contribution is 6.32. The molecule has 27 heavy (non-hydrogen) atoms. The van der Waals surface area contributed by atoms with Gasteiger partial charge in [-0.2, -0.15) is 4.98 Å². The largest absolute Gasteiger partial charge is 0.506 e. The van der Waals surface area contributed by atoms with Crippen molar-refractivity contribution in [1.29, 1.82) is 0 Å². The molecule has 1 atom stereocenters. The van der Waals surface area contributed by atoms with E-state index >= 15 is 0 Å². The van der Waals surface area contributed by atoms with Crippen LogP contribution >= 0.6 is 11.6 Å². The number of nitrogen functional groups attached to an aromatic ring is 1. The molecule has 3 rings (SSSR count). The van der Waals surface area contributed by atoms with Gasteiger partial charge in [-0.05, 0) is 31.0 Å². The molecule has 1 fully saturated rings. The molecular formula is C18H22ClN5O3. The SMILES string of the molecule is CC(=O)Nc1cc(Cl)c(C2COCCCN2c2cc(C)nc(N)n2)cc1O. The van der Waals surface area contributed by atoms with Crippen LogP contribution in [0.5, 0.6) is 5.75 Å². The van der Waals surface area contributed by atoms with E-state index in [1.54, 1.807) is 6.07 Å². The molecule has 1 saturated heterocycles. The topological polar surface area (TPSA) is 114 Å². The minimum Gasteiger partial charge on any atom is -0.506 e. The number of benzene rings is 1. The number of hydrogen-bond donors (Lipinski definition) is 3. The van der Waals surface area contributed by atoms with Crippen LogP contribution in [0.4, 0.5) is 17.5 Å². The van der Waals surface area contributed by atoms with Gasteiger partial charge in [-0.25, -0.2) is 4.98 Å². The van der Waals surface area contributed by atoms with Crippen LogP contribution in [0.3, 0.4) is 0 Å². The van der Waals surface area contributed by atoms with Gasteiger partial charge in [0.2, 0.25) is 11.9 Å². The third kappa shape index (κ3) is 4.40. The highest BCUT2D eigenvalue weighted by Gasteiger charge is 2.28. The number of phenolic OH excluding ortho intramolecular Hbond substituents is 1. The second-order valence-corrected chi connectivity index (χ2v) is 6.84. The van der Waals surface area contributed by atoms with Crippen molar-refractivity contribution in [2.24, 2.45) is 0 Å². The van der Waals surface area contributed by atoms with Crippen LogP contribution in [0.1, 0.15) is 30.6 Å². The molecule has 0 bridgehead atoms. The average molecular weight is 392 g/mol. The van der Waals surface area contributed by atoms with E-state index in [-0.39, 0.29) is 29.3 Å². The summed E-state index contributed by atoms with van der Waals surface area (Å²) in [5.41, 5.74) is 7.53. The lowest BCUT2D eigenvalue weighted by atomic mass is 10.0. The lowest BCUT2D eigenvalue weighted by molar-refractivity contribution is -0.114. The number of aromatic hydroxyl groups is 1. The molecule has 1 aromatic heterocycles. The molecule has 1 unspecified atom stereocenters. The molecule has 8 nitrogen and oxygen atoms in total. The number of ether oxygens (including phenoxy) is 1. The number of aryl methyl sites for hydroxylation is 1. The summed E-state index contributed by atoms with van der Waals surface area (Å²) in [5, 5.41) is 13.3. The third-order valence-electron chi connectivity index (χ3n) is 4.28. The van der Waals surface area contributed by atoms with Crippen LogP contribution in [-0.4, -0.2) is 40.7 Å². The fraction of sp³-hybridized carbons (Fsp3) is 0.389. The average Bonchev–Trinajstić information content (AvgIpc) is 2.82. The number of phenols is 1. The number of nitrogens with two attached hydrogens (primary N) is 1. The maximum absolute atomic E-state index is 11.3. The van der Waals surface area contributed by atoms with E-state index in [0.717, 1.165) is 12.1 Å². The predicted molar refractivity (Wildman–Crippen MR) is 104 cm³/mol. The van der Waals surface area contributed by atoms with Gasteiger partial charge in [0.25, 0.3) is 0 Å². The monoisotopic (exact) mass is 391 g/mol. The Morgan fingerprint density at radius 2 is 2.19 bits per heavy atom. The Kier molecular flexibility index (Phi) is 5.67. The molecule has 144 valence electrons. The molecule has 1 amide bonds. The van der Waals surface area contributed by atoms with Gasteiger partial charge in [0.1, 0.15) is 11.6 Å². The lowest BCUT2D eigenvalue weighted by Gasteiger charge is -2.31. The highest BCUT2D eigenvalue weighted by atomic mass is 35.5. The van der Waals surface area contributed by atoms with Gasteiger partial charge >= 0.3 is 0 Å². The lowest BCUT2D eigenvalue weighted by Crippen LogP contribution is -2.32. The van der Waals surface area contributed by atoms with Crippen LogP contribution in [0.2, 0.25) is 5.02 Å². The summed E-state index contributed by atoms with van der Waals surface area (Å²) in [6.45, 7) is 4.89. The minimum absolute atomic E-state index is 0.0628. The summed E-state index contributed by atoms with van der Waals surface area (Å²) in [4.78, 5) is 21.8. The van der Waals surface area contributed by atoms with Gasteiger partial charge in [0.15, 0.2) is 0 Å². The molecule has 2 heterocycles. The molecule has 0 spiro atoms. The van der Waals surface area contributed by atoms with Crippen molar-refractivity contribution >= 4 is 35.0 Å². The number of rotatable bonds is 3. The van der Waals surface area contributed by atoms with Crippen molar-refractivity contribution in [3.05, 3.63) is 34.5 Å². The second kappa shape index (κ2) is 7.98. The molecule has 1 aliphatic rings. The zero-order valence-electron chi connectivity index (χ0n) is 15.2. The molecular weight excluding hydrogens is 370 g/mol. The van der Waals surface area contributed by atoms with E-state index < -0.39 is 0 Å². The molecule has 2 aromatic rings. The first-order valence-corrected chi connectivity index (χ1v) is 8.98. The Morgan fingerprint density at radius 1 is 1.41 bits per heavy atom. The minimum atomic E-state index is -0.291. The van der Waals surface area contributed by atoms with Crippen LogP contribution in [-0.2, 0) is 9.53 Å². The first-order chi connectivity index (χ1) is 12.8. The van der Waals surface area contributed by atoms with Crippen LogP contribution < -0.4 is 16.0 Å². The number of anilines is 3. The highest BCUT2D eigenvalue weighted by Crippen LogP contribution is 2.38. The zero-order chi connectivity index (χ0) is 19.6. The molecule has 0 radical (unpaired) electrons. The van der Waals surface area contributed by atoms with Gasteiger partial charge in [-0.1, -0.05) is 11.6 Å². The third-order valence-corrected chi connectivity index (χ3v) is 4.60. The quantitative estimate of drug-likeness (QED) is 0.689. The van der Waals surface area contributed by atoms with Crippen molar-refractivity contribution in [2.45, 2.75) is 26.3 Å². The molecule has 9 heteroatoms. The number of halogens is 1. The number of hydrogen-bond acceptors (Lipinski definition) is 7. The fourth-order valence-corrected chi connectivity index (χ4v) is 3.44. The standard InChI is InChI=1S/C18H22ClN5O3/c1-10-6-17(23-18(20)21-10)24-4-3-5-27-9-15(24)12-7-16(26)14(8-13(12)19)22-11(2)25/h6-8,15,26H,3-5,9H2,1-2H3,(H,22,25)(H2,20,21,23). The number of nitrogens with one attached hydrogen (secondary N) is 1. The van der Waals surface area contributed by atoms with E-state index in [1.807, 2.05) is 13.0 Å². The van der Waals surface area contributed by atoms with Crippen LogP contribution in [0, 0.1) is 6.92 Å². The molecule has 4 N–H and O–H groups in total. The van der Waals surface area contributed by atoms with E-state index in [0.29, 0.717) is 36.2 Å². The van der Waals surface area contributed by atoms with Crippen molar-refractivity contribution < 1.29 is 14.6 Å². The first kappa shape index (κ1) is 19.2. The summed E-state index contributed by atoms with van der Waals surface area (Å²) in [5.74, 6) is 0.522. The molecule has 1 aromatic carbocycles. The maximum Gasteiger partial charge on any atom is 0.222 e. The van der Waals surface area contributed by atoms with Gasteiger partial charge in [0, 0.05) is 36.9 Å². The molecule has 1 aliphatic heterocycles. The summed E-state index contributed by atoms with van der Waals surface area (Å²) >= 11 is 6.48. The maximum atomic E-state index is 11.3. The Labute approximate surface area is 162 Å². The number of carbonyl (C=O) groups excluding carboxylic acids is 1. The Bertz CT molecular complexity index is 841. The normalized spacial score (nSPS) is 17.4. The van der Waals surface area contributed by atoms with E-state index in [2.05, 4.69) is 20.2 Å². The Hall–Kier alpha value is -2.58. The summed E-state index contributed by atoms with van der Waals surface area (Å²) in [6, 6.07) is 4.67. The zero-order valence-corrected chi connectivity index (χ0v) is 16.0. The van der Waals surface area contributed by atoms with Crippen molar-refractivity contribution in [2.75, 3.05) is 35.7 Å². The van der Waals surface area contributed by atoms with Gasteiger partial charge in [-0.3, -0.25) is 4.79 Å². The van der Waals surface area contributed by atoms with Gasteiger partial charge in [0.05, 0.1) is 18.3 Å². The second-order valence-electron chi connectivity index (χ2n) is 6.44. The van der Waals surface area contributed by atoms with E-state index in [4.69, 9.17) is 22.1 Å². The summed E-state index contributed by atoms with van der Waals surface area (Å²) in [7, 11) is 0.